The smallest absolute Gasteiger partial charge is 0.324 e. The van der Waals surface area contributed by atoms with E-state index in [2.05, 4.69) is 5.32 Å². The highest BCUT2D eigenvalue weighted by molar-refractivity contribution is 7.09. The number of thiophene rings is 1. The summed E-state index contributed by atoms with van der Waals surface area (Å²) in [4.78, 5) is 40.2. The van der Waals surface area contributed by atoms with Crippen molar-refractivity contribution < 1.29 is 14.4 Å². The molecule has 2 aliphatic heterocycles. The molecule has 0 unspecified atom stereocenters. The summed E-state index contributed by atoms with van der Waals surface area (Å²) < 4.78 is 0. The highest BCUT2D eigenvalue weighted by atomic mass is 32.1. The van der Waals surface area contributed by atoms with E-state index in [1.54, 1.807) is 16.2 Å². The topological polar surface area (TPSA) is 69.7 Å². The van der Waals surface area contributed by atoms with Crippen molar-refractivity contribution in [1.82, 2.24) is 15.1 Å². The third-order valence-corrected chi connectivity index (χ3v) is 5.44. The lowest BCUT2D eigenvalue weighted by Crippen LogP contribution is -2.55. The van der Waals surface area contributed by atoms with Gasteiger partial charge in [-0.1, -0.05) is 6.07 Å². The van der Waals surface area contributed by atoms with Gasteiger partial charge in [-0.2, -0.15) is 0 Å². The van der Waals surface area contributed by atoms with Crippen LogP contribution in [-0.4, -0.2) is 53.3 Å². The largest absolute Gasteiger partial charge is 0.342 e. The average Bonchev–Trinajstić information content (AvgIpc) is 3.10. The van der Waals surface area contributed by atoms with Crippen LogP contribution < -0.4 is 5.32 Å². The van der Waals surface area contributed by atoms with E-state index in [1.165, 1.54) is 11.9 Å². The van der Waals surface area contributed by atoms with Gasteiger partial charge in [0.25, 0.3) is 5.91 Å². The van der Waals surface area contributed by atoms with Crippen LogP contribution >= 0.6 is 11.3 Å². The third kappa shape index (κ3) is 2.61. The summed E-state index contributed by atoms with van der Waals surface area (Å²) in [6.07, 6.45) is 2.24. The molecule has 7 heteroatoms. The standard InChI is InChI=1S/C15H19N3O3S/c1-17-13(20)15(16-14(17)21)6-8-18(9-7-15)12(19)5-4-11-3-2-10-22-11/h2-3,10H,4-9H2,1H3,(H,16,21). The molecule has 0 saturated carbocycles. The molecule has 0 aliphatic carbocycles. The van der Waals surface area contributed by atoms with Gasteiger partial charge in [0.15, 0.2) is 0 Å². The van der Waals surface area contributed by atoms with E-state index in [4.69, 9.17) is 0 Å². The number of nitrogens with one attached hydrogen (secondary N) is 1. The van der Waals surface area contributed by atoms with Gasteiger partial charge in [-0.15, -0.1) is 11.3 Å². The molecule has 1 aromatic heterocycles. The van der Waals surface area contributed by atoms with Crippen molar-refractivity contribution in [3.63, 3.8) is 0 Å². The molecule has 6 nitrogen and oxygen atoms in total. The van der Waals surface area contributed by atoms with E-state index >= 15 is 0 Å². The molecule has 3 heterocycles. The second-order valence-electron chi connectivity index (χ2n) is 5.84. The lowest BCUT2D eigenvalue weighted by molar-refractivity contribution is -0.138. The first-order valence-electron chi connectivity index (χ1n) is 7.42. The number of carbonyl (C=O) groups excluding carboxylic acids is 3. The predicted octanol–water partition coefficient (Wildman–Crippen LogP) is 1.22. The lowest BCUT2D eigenvalue weighted by Gasteiger charge is -2.37. The zero-order valence-corrected chi connectivity index (χ0v) is 13.3. The maximum Gasteiger partial charge on any atom is 0.324 e. The van der Waals surface area contributed by atoms with Crippen LogP contribution in [0.15, 0.2) is 17.5 Å². The number of hydrogen-bond donors (Lipinski definition) is 1. The minimum atomic E-state index is -0.795. The van der Waals surface area contributed by atoms with Crippen molar-refractivity contribution in [2.24, 2.45) is 0 Å². The molecule has 1 spiro atoms. The van der Waals surface area contributed by atoms with Gasteiger partial charge in [-0.25, -0.2) is 4.79 Å². The highest BCUT2D eigenvalue weighted by Crippen LogP contribution is 2.29. The summed E-state index contributed by atoms with van der Waals surface area (Å²) in [5, 5.41) is 4.79. The Morgan fingerprint density at radius 3 is 2.64 bits per heavy atom. The molecule has 4 amide bonds. The first kappa shape index (κ1) is 15.0. The van der Waals surface area contributed by atoms with Gasteiger partial charge in [0, 0.05) is 31.4 Å². The van der Waals surface area contributed by atoms with E-state index in [-0.39, 0.29) is 17.8 Å². The predicted molar refractivity (Wildman–Crippen MR) is 82.5 cm³/mol. The molecule has 3 rings (SSSR count). The fourth-order valence-corrected chi connectivity index (χ4v) is 3.78. The first-order valence-corrected chi connectivity index (χ1v) is 8.30. The van der Waals surface area contributed by atoms with Gasteiger partial charge < -0.3 is 10.2 Å². The molecule has 0 radical (unpaired) electrons. The van der Waals surface area contributed by atoms with Gasteiger partial charge in [-0.3, -0.25) is 14.5 Å². The SMILES string of the molecule is CN1C(=O)NC2(CCN(C(=O)CCc3cccs3)CC2)C1=O. The zero-order chi connectivity index (χ0) is 15.7. The zero-order valence-electron chi connectivity index (χ0n) is 12.5. The molecule has 2 saturated heterocycles. The highest BCUT2D eigenvalue weighted by Gasteiger charge is 2.51. The van der Waals surface area contributed by atoms with Gasteiger partial charge in [0.1, 0.15) is 5.54 Å². The summed E-state index contributed by atoms with van der Waals surface area (Å²) in [6, 6.07) is 3.67. The number of hydrogen-bond acceptors (Lipinski definition) is 4. The number of nitrogens with zero attached hydrogens (tertiary/aromatic N) is 2. The van der Waals surface area contributed by atoms with Crippen molar-refractivity contribution in [2.75, 3.05) is 20.1 Å². The van der Waals surface area contributed by atoms with Crippen LogP contribution in [0.3, 0.4) is 0 Å². The van der Waals surface area contributed by atoms with Crippen LogP contribution in [0.5, 0.6) is 0 Å². The van der Waals surface area contributed by atoms with E-state index in [9.17, 15) is 14.4 Å². The second kappa shape index (κ2) is 5.72. The number of urea groups is 1. The summed E-state index contributed by atoms with van der Waals surface area (Å²) >= 11 is 1.66. The number of rotatable bonds is 3. The van der Waals surface area contributed by atoms with Gasteiger partial charge in [0.2, 0.25) is 5.91 Å². The fraction of sp³-hybridized carbons (Fsp3) is 0.533. The Morgan fingerprint density at radius 2 is 2.09 bits per heavy atom. The molecular formula is C15H19N3O3S. The summed E-state index contributed by atoms with van der Waals surface area (Å²) in [6.45, 7) is 1.03. The first-order chi connectivity index (χ1) is 10.5. The maximum atomic E-state index is 12.3. The van der Waals surface area contributed by atoms with Crippen LogP contribution in [0.4, 0.5) is 4.79 Å². The summed E-state index contributed by atoms with van der Waals surface area (Å²) in [7, 11) is 1.49. The number of amides is 4. The van der Waals surface area contributed by atoms with Crippen LogP contribution in [0.2, 0.25) is 0 Å². The van der Waals surface area contributed by atoms with Crippen LogP contribution in [0.1, 0.15) is 24.1 Å². The Balaban J connectivity index is 1.54. The second-order valence-corrected chi connectivity index (χ2v) is 6.87. The molecule has 118 valence electrons. The Hall–Kier alpha value is -1.89. The maximum absolute atomic E-state index is 12.3. The molecular weight excluding hydrogens is 302 g/mol. The van der Waals surface area contributed by atoms with Crippen LogP contribution in [0, 0.1) is 0 Å². The molecule has 2 aliphatic rings. The Morgan fingerprint density at radius 1 is 1.36 bits per heavy atom. The Kier molecular flexibility index (Phi) is 3.90. The minimum absolute atomic E-state index is 0.119. The summed E-state index contributed by atoms with van der Waals surface area (Å²) in [5.74, 6) is -0.0587. The number of carbonyl (C=O) groups is 3. The average molecular weight is 321 g/mol. The fourth-order valence-electron chi connectivity index (χ4n) is 3.08. The van der Waals surface area contributed by atoms with Crippen molar-refractivity contribution in [3.05, 3.63) is 22.4 Å². The Bertz CT molecular complexity index is 591. The van der Waals surface area contributed by atoms with Crippen LogP contribution in [0.25, 0.3) is 0 Å². The van der Waals surface area contributed by atoms with Crippen LogP contribution in [-0.2, 0) is 16.0 Å². The van der Waals surface area contributed by atoms with E-state index in [0.717, 1.165) is 11.3 Å². The minimum Gasteiger partial charge on any atom is -0.342 e. The molecule has 1 aromatic rings. The molecule has 0 atom stereocenters. The molecule has 2 fully saturated rings. The summed E-state index contributed by atoms with van der Waals surface area (Å²) in [5.41, 5.74) is -0.795. The Labute approximate surface area is 133 Å². The normalized spacial score (nSPS) is 20.6. The van der Waals surface area contributed by atoms with E-state index in [0.29, 0.717) is 32.4 Å². The monoisotopic (exact) mass is 321 g/mol. The molecule has 1 N–H and O–H groups in total. The van der Waals surface area contributed by atoms with Gasteiger partial charge in [-0.05, 0) is 30.7 Å². The number of likely N-dealkylation sites (tertiary alicyclic amines) is 1. The quantitative estimate of drug-likeness (QED) is 0.851. The number of imide groups is 1. The van der Waals surface area contributed by atoms with Crippen molar-refractivity contribution in [2.45, 2.75) is 31.2 Å². The van der Waals surface area contributed by atoms with E-state index in [1.807, 2.05) is 17.5 Å². The van der Waals surface area contributed by atoms with Crippen molar-refractivity contribution >= 4 is 29.2 Å². The van der Waals surface area contributed by atoms with E-state index < -0.39 is 5.54 Å². The van der Waals surface area contributed by atoms with Crippen molar-refractivity contribution in [1.29, 1.82) is 0 Å². The van der Waals surface area contributed by atoms with Crippen molar-refractivity contribution in [3.8, 4) is 0 Å². The number of likely N-dealkylation sites (N-methyl/N-ethyl adjacent to an activating group) is 1. The number of aryl methyl sites for hydroxylation is 1. The van der Waals surface area contributed by atoms with Gasteiger partial charge in [0.05, 0.1) is 0 Å². The third-order valence-electron chi connectivity index (χ3n) is 4.50. The molecule has 0 bridgehead atoms. The molecule has 0 aromatic carbocycles. The lowest BCUT2D eigenvalue weighted by atomic mass is 9.87. The molecule has 22 heavy (non-hydrogen) atoms. The van der Waals surface area contributed by atoms with Gasteiger partial charge >= 0.3 is 6.03 Å². The number of piperidine rings is 1.